The minimum absolute atomic E-state index is 0.142. The second-order valence-electron chi connectivity index (χ2n) is 4.97. The van der Waals surface area contributed by atoms with Gasteiger partial charge in [-0.2, -0.15) is 5.10 Å². The van der Waals surface area contributed by atoms with E-state index in [1.54, 1.807) is 44.3 Å². The maximum atomic E-state index is 12.2. The first kappa shape index (κ1) is 16.0. The lowest BCUT2D eigenvalue weighted by atomic mass is 10.2. The van der Waals surface area contributed by atoms with Gasteiger partial charge in [-0.3, -0.25) is 14.3 Å². The SMILES string of the molecule is CC(=O)Nc1ccc(NC(=O)C(C)n2cc(Cl)c(C)n2)cc1. The number of amides is 2. The van der Waals surface area contributed by atoms with E-state index in [0.29, 0.717) is 22.1 Å². The highest BCUT2D eigenvalue weighted by Gasteiger charge is 2.17. The van der Waals surface area contributed by atoms with E-state index in [-0.39, 0.29) is 11.8 Å². The van der Waals surface area contributed by atoms with Crippen molar-refractivity contribution in [2.45, 2.75) is 26.8 Å². The van der Waals surface area contributed by atoms with E-state index >= 15 is 0 Å². The molecule has 0 aliphatic rings. The van der Waals surface area contributed by atoms with Crippen molar-refractivity contribution in [1.29, 1.82) is 0 Å². The van der Waals surface area contributed by atoms with Gasteiger partial charge >= 0.3 is 0 Å². The van der Waals surface area contributed by atoms with Crippen molar-refractivity contribution in [2.75, 3.05) is 10.6 Å². The fourth-order valence-corrected chi connectivity index (χ4v) is 2.00. The number of nitrogens with zero attached hydrogens (tertiary/aromatic N) is 2. The Morgan fingerprint density at radius 2 is 1.73 bits per heavy atom. The molecule has 116 valence electrons. The van der Waals surface area contributed by atoms with Crippen LogP contribution in [0.15, 0.2) is 30.5 Å². The molecule has 0 radical (unpaired) electrons. The number of hydrogen-bond donors (Lipinski definition) is 2. The van der Waals surface area contributed by atoms with Gasteiger partial charge in [-0.15, -0.1) is 0 Å². The highest BCUT2D eigenvalue weighted by atomic mass is 35.5. The van der Waals surface area contributed by atoms with E-state index in [1.165, 1.54) is 11.6 Å². The molecule has 2 aromatic rings. The Hall–Kier alpha value is -2.34. The summed E-state index contributed by atoms with van der Waals surface area (Å²) in [7, 11) is 0. The summed E-state index contributed by atoms with van der Waals surface area (Å²) in [4.78, 5) is 23.2. The zero-order chi connectivity index (χ0) is 16.3. The van der Waals surface area contributed by atoms with E-state index < -0.39 is 6.04 Å². The lowest BCUT2D eigenvalue weighted by Crippen LogP contribution is -2.24. The van der Waals surface area contributed by atoms with E-state index in [1.807, 2.05) is 0 Å². The molecule has 0 spiro atoms. The van der Waals surface area contributed by atoms with Gasteiger partial charge in [-0.25, -0.2) is 0 Å². The lowest BCUT2D eigenvalue weighted by Gasteiger charge is -2.13. The number of nitrogens with one attached hydrogen (secondary N) is 2. The van der Waals surface area contributed by atoms with Crippen LogP contribution in [0.1, 0.15) is 25.6 Å². The Morgan fingerprint density at radius 3 is 2.18 bits per heavy atom. The molecule has 0 fully saturated rings. The van der Waals surface area contributed by atoms with Crippen LogP contribution in [0.5, 0.6) is 0 Å². The van der Waals surface area contributed by atoms with Crippen molar-refractivity contribution in [2.24, 2.45) is 0 Å². The van der Waals surface area contributed by atoms with Gasteiger partial charge in [0.15, 0.2) is 0 Å². The number of halogens is 1. The lowest BCUT2D eigenvalue weighted by molar-refractivity contribution is -0.119. The maximum absolute atomic E-state index is 12.2. The second kappa shape index (κ2) is 6.62. The molecule has 1 heterocycles. The molecule has 2 rings (SSSR count). The van der Waals surface area contributed by atoms with Gasteiger partial charge in [0.25, 0.3) is 0 Å². The molecule has 0 bridgehead atoms. The number of carbonyl (C=O) groups excluding carboxylic acids is 2. The third-order valence-corrected chi connectivity index (χ3v) is 3.48. The fraction of sp³-hybridized carbons (Fsp3) is 0.267. The van der Waals surface area contributed by atoms with E-state index in [0.717, 1.165) is 0 Å². The third kappa shape index (κ3) is 3.85. The number of aromatic nitrogens is 2. The monoisotopic (exact) mass is 320 g/mol. The minimum Gasteiger partial charge on any atom is -0.326 e. The molecule has 1 atom stereocenters. The molecule has 7 heteroatoms. The van der Waals surface area contributed by atoms with Crippen molar-refractivity contribution < 1.29 is 9.59 Å². The molecule has 2 amide bonds. The molecule has 1 unspecified atom stereocenters. The highest BCUT2D eigenvalue weighted by Crippen LogP contribution is 2.18. The van der Waals surface area contributed by atoms with Crippen LogP contribution in [0.3, 0.4) is 0 Å². The van der Waals surface area contributed by atoms with Gasteiger partial charge in [0.05, 0.1) is 10.7 Å². The van der Waals surface area contributed by atoms with E-state index in [2.05, 4.69) is 15.7 Å². The predicted molar refractivity (Wildman–Crippen MR) is 86.1 cm³/mol. The van der Waals surface area contributed by atoms with Crippen molar-refractivity contribution in [3.8, 4) is 0 Å². The third-order valence-electron chi connectivity index (χ3n) is 3.11. The van der Waals surface area contributed by atoms with E-state index in [9.17, 15) is 9.59 Å². The van der Waals surface area contributed by atoms with Crippen LogP contribution in [-0.2, 0) is 9.59 Å². The quantitative estimate of drug-likeness (QED) is 0.909. The summed E-state index contributed by atoms with van der Waals surface area (Å²) in [5.74, 6) is -0.345. The first-order valence-corrected chi connectivity index (χ1v) is 7.14. The molecule has 6 nitrogen and oxygen atoms in total. The average molecular weight is 321 g/mol. The molecule has 0 aliphatic carbocycles. The molecule has 1 aromatic carbocycles. The van der Waals surface area contributed by atoms with Crippen molar-refractivity contribution in [3.63, 3.8) is 0 Å². The minimum atomic E-state index is -0.485. The van der Waals surface area contributed by atoms with Gasteiger partial charge < -0.3 is 10.6 Å². The number of benzene rings is 1. The van der Waals surface area contributed by atoms with Gasteiger partial charge in [-0.05, 0) is 38.1 Å². The smallest absolute Gasteiger partial charge is 0.248 e. The number of hydrogen-bond acceptors (Lipinski definition) is 3. The Morgan fingerprint density at radius 1 is 1.18 bits per heavy atom. The highest BCUT2D eigenvalue weighted by molar-refractivity contribution is 6.31. The Labute approximate surface area is 133 Å². The van der Waals surface area contributed by atoms with Crippen molar-refractivity contribution >= 4 is 34.8 Å². The van der Waals surface area contributed by atoms with Crippen LogP contribution in [0, 0.1) is 6.92 Å². The molecular weight excluding hydrogens is 304 g/mol. The van der Waals surface area contributed by atoms with Gasteiger partial charge in [0.2, 0.25) is 11.8 Å². The molecule has 2 N–H and O–H groups in total. The predicted octanol–water partition coefficient (Wildman–Crippen LogP) is 3.00. The van der Waals surface area contributed by atoms with Crippen LogP contribution in [0.4, 0.5) is 11.4 Å². The summed E-state index contributed by atoms with van der Waals surface area (Å²) in [6.45, 7) is 4.96. The number of anilines is 2. The van der Waals surface area contributed by atoms with Gasteiger partial charge in [0.1, 0.15) is 6.04 Å². The molecule has 0 aliphatic heterocycles. The first-order valence-electron chi connectivity index (χ1n) is 6.76. The molecule has 1 aromatic heterocycles. The number of carbonyl (C=O) groups is 2. The molecule has 0 saturated carbocycles. The summed E-state index contributed by atoms with van der Waals surface area (Å²) in [5.41, 5.74) is 2.00. The van der Waals surface area contributed by atoms with Crippen molar-refractivity contribution in [3.05, 3.63) is 41.2 Å². The number of rotatable bonds is 4. The Kier molecular flexibility index (Phi) is 4.82. The normalized spacial score (nSPS) is 11.8. The Balaban J connectivity index is 2.03. The largest absolute Gasteiger partial charge is 0.326 e. The molecule has 0 saturated heterocycles. The molecule has 22 heavy (non-hydrogen) atoms. The maximum Gasteiger partial charge on any atom is 0.248 e. The second-order valence-corrected chi connectivity index (χ2v) is 5.37. The van der Waals surface area contributed by atoms with Crippen molar-refractivity contribution in [1.82, 2.24) is 9.78 Å². The van der Waals surface area contributed by atoms with Crippen LogP contribution >= 0.6 is 11.6 Å². The van der Waals surface area contributed by atoms with Gasteiger partial charge in [-0.1, -0.05) is 11.6 Å². The van der Waals surface area contributed by atoms with Crippen LogP contribution < -0.4 is 10.6 Å². The van der Waals surface area contributed by atoms with Crippen LogP contribution in [0.2, 0.25) is 5.02 Å². The summed E-state index contributed by atoms with van der Waals surface area (Å²) in [6.07, 6.45) is 1.63. The zero-order valence-corrected chi connectivity index (χ0v) is 13.3. The Bertz CT molecular complexity index is 675. The fourth-order valence-electron chi connectivity index (χ4n) is 1.86. The number of aryl methyl sites for hydroxylation is 1. The average Bonchev–Trinajstić information content (AvgIpc) is 2.79. The standard InChI is InChI=1S/C15H17ClN4O2/c1-9-14(16)8-20(19-9)10(2)15(22)18-13-6-4-12(5-7-13)17-11(3)21/h4-8,10H,1-3H3,(H,17,21)(H,18,22). The summed E-state index contributed by atoms with van der Waals surface area (Å²) < 4.78 is 1.53. The topological polar surface area (TPSA) is 76.0 Å². The summed E-state index contributed by atoms with van der Waals surface area (Å²) >= 11 is 5.95. The summed E-state index contributed by atoms with van der Waals surface area (Å²) in [5, 5.41) is 10.2. The van der Waals surface area contributed by atoms with Crippen LogP contribution in [0.25, 0.3) is 0 Å². The molecular formula is C15H17ClN4O2. The van der Waals surface area contributed by atoms with Crippen LogP contribution in [-0.4, -0.2) is 21.6 Å². The van der Waals surface area contributed by atoms with Gasteiger partial charge in [0, 0.05) is 24.5 Å². The van der Waals surface area contributed by atoms with E-state index in [4.69, 9.17) is 11.6 Å². The summed E-state index contributed by atoms with van der Waals surface area (Å²) in [6, 6.07) is 6.39. The first-order chi connectivity index (χ1) is 10.4. The zero-order valence-electron chi connectivity index (χ0n) is 12.6.